The van der Waals surface area contributed by atoms with E-state index in [0.717, 1.165) is 5.56 Å². The lowest BCUT2D eigenvalue weighted by Gasteiger charge is -2.17. The molecule has 0 spiro atoms. The Bertz CT molecular complexity index is 656. The van der Waals surface area contributed by atoms with Crippen LogP contribution in [0.3, 0.4) is 0 Å². The number of carbonyl (C=O) groups is 1. The molecule has 1 aromatic carbocycles. The lowest BCUT2D eigenvalue weighted by Crippen LogP contribution is -2.26. The standard InChI is InChI=1S/C16H24N2O4S/c1-12(2)11-22-9-3-8-17-23(20,21)14-5-6-15-13(10-14)4-7-16(19)18-15/h5-6,10,12,17H,3-4,7-9,11H2,1-2H3,(H,18,19). The maximum atomic E-state index is 12.3. The summed E-state index contributed by atoms with van der Waals surface area (Å²) in [5.74, 6) is 0.440. The number of nitrogens with one attached hydrogen (secondary N) is 2. The number of benzene rings is 1. The fraction of sp³-hybridized carbons (Fsp3) is 0.562. The van der Waals surface area contributed by atoms with Crippen LogP contribution in [0.25, 0.3) is 0 Å². The van der Waals surface area contributed by atoms with E-state index in [1.807, 2.05) is 0 Å². The van der Waals surface area contributed by atoms with Gasteiger partial charge in [-0.15, -0.1) is 0 Å². The Labute approximate surface area is 137 Å². The molecule has 7 heteroatoms. The summed E-state index contributed by atoms with van der Waals surface area (Å²) < 4.78 is 32.6. The maximum absolute atomic E-state index is 12.3. The van der Waals surface area contributed by atoms with E-state index in [0.29, 0.717) is 50.6 Å². The topological polar surface area (TPSA) is 84.5 Å². The highest BCUT2D eigenvalue weighted by molar-refractivity contribution is 7.89. The first kappa shape index (κ1) is 17.9. The zero-order valence-electron chi connectivity index (χ0n) is 13.6. The van der Waals surface area contributed by atoms with Crippen LogP contribution >= 0.6 is 0 Å². The van der Waals surface area contributed by atoms with Crippen molar-refractivity contribution in [2.45, 2.75) is 38.0 Å². The Hall–Kier alpha value is -1.44. The fourth-order valence-corrected chi connectivity index (χ4v) is 3.43. The van der Waals surface area contributed by atoms with Gasteiger partial charge in [-0.1, -0.05) is 13.8 Å². The van der Waals surface area contributed by atoms with E-state index >= 15 is 0 Å². The Morgan fingerprint density at radius 1 is 1.30 bits per heavy atom. The number of anilines is 1. The monoisotopic (exact) mass is 340 g/mol. The first-order valence-corrected chi connectivity index (χ1v) is 9.37. The molecule has 1 amide bonds. The Morgan fingerprint density at radius 2 is 2.09 bits per heavy atom. The molecular formula is C16H24N2O4S. The van der Waals surface area contributed by atoms with Crippen molar-refractivity contribution in [1.82, 2.24) is 4.72 Å². The van der Waals surface area contributed by atoms with Gasteiger partial charge in [-0.2, -0.15) is 0 Å². The van der Waals surface area contributed by atoms with Gasteiger partial charge in [0.05, 0.1) is 4.90 Å². The van der Waals surface area contributed by atoms with E-state index in [9.17, 15) is 13.2 Å². The average Bonchev–Trinajstić information content (AvgIpc) is 2.49. The molecule has 2 rings (SSSR count). The molecule has 23 heavy (non-hydrogen) atoms. The van der Waals surface area contributed by atoms with Gasteiger partial charge < -0.3 is 10.1 Å². The molecule has 2 N–H and O–H groups in total. The summed E-state index contributed by atoms with van der Waals surface area (Å²) in [6.07, 6.45) is 1.58. The van der Waals surface area contributed by atoms with Crippen LogP contribution in [0.5, 0.6) is 0 Å². The zero-order valence-corrected chi connectivity index (χ0v) is 14.4. The minimum absolute atomic E-state index is 0.0346. The molecule has 0 bridgehead atoms. The van der Waals surface area contributed by atoms with Crippen LogP contribution in [-0.2, 0) is 26.0 Å². The summed E-state index contributed by atoms with van der Waals surface area (Å²) in [5.41, 5.74) is 1.55. The van der Waals surface area contributed by atoms with Crippen LogP contribution in [0, 0.1) is 5.92 Å². The molecule has 1 aliphatic heterocycles. The van der Waals surface area contributed by atoms with Crippen molar-refractivity contribution in [3.8, 4) is 0 Å². The minimum Gasteiger partial charge on any atom is -0.381 e. The predicted molar refractivity (Wildman–Crippen MR) is 88.9 cm³/mol. The van der Waals surface area contributed by atoms with Crippen molar-refractivity contribution in [3.05, 3.63) is 23.8 Å². The molecule has 0 aromatic heterocycles. The molecule has 0 aliphatic carbocycles. The van der Waals surface area contributed by atoms with Crippen LogP contribution in [0.2, 0.25) is 0 Å². The summed E-state index contributed by atoms with van der Waals surface area (Å²) in [6.45, 7) is 5.71. The summed E-state index contributed by atoms with van der Waals surface area (Å²) in [7, 11) is -3.53. The summed E-state index contributed by atoms with van der Waals surface area (Å²) in [5, 5.41) is 2.74. The van der Waals surface area contributed by atoms with E-state index < -0.39 is 10.0 Å². The van der Waals surface area contributed by atoms with Crippen molar-refractivity contribution < 1.29 is 17.9 Å². The average molecular weight is 340 g/mol. The smallest absolute Gasteiger partial charge is 0.240 e. The van der Waals surface area contributed by atoms with E-state index in [1.54, 1.807) is 12.1 Å². The van der Waals surface area contributed by atoms with Crippen LogP contribution in [0.4, 0.5) is 5.69 Å². The second-order valence-electron chi connectivity index (χ2n) is 6.09. The highest BCUT2D eigenvalue weighted by Gasteiger charge is 2.19. The van der Waals surface area contributed by atoms with E-state index in [4.69, 9.17) is 4.74 Å². The second kappa shape index (κ2) is 7.90. The van der Waals surface area contributed by atoms with E-state index in [-0.39, 0.29) is 10.8 Å². The van der Waals surface area contributed by atoms with Crippen molar-refractivity contribution in [1.29, 1.82) is 0 Å². The third-order valence-electron chi connectivity index (χ3n) is 3.49. The van der Waals surface area contributed by atoms with Crippen molar-refractivity contribution in [2.75, 3.05) is 25.1 Å². The van der Waals surface area contributed by atoms with E-state index in [1.165, 1.54) is 6.07 Å². The lowest BCUT2D eigenvalue weighted by atomic mass is 10.0. The van der Waals surface area contributed by atoms with E-state index in [2.05, 4.69) is 23.9 Å². The van der Waals surface area contributed by atoms with Gasteiger partial charge in [0.2, 0.25) is 15.9 Å². The van der Waals surface area contributed by atoms with Gasteiger partial charge >= 0.3 is 0 Å². The minimum atomic E-state index is -3.53. The Morgan fingerprint density at radius 3 is 2.83 bits per heavy atom. The van der Waals surface area contributed by atoms with Gasteiger partial charge in [-0.25, -0.2) is 13.1 Å². The van der Waals surface area contributed by atoms with Crippen molar-refractivity contribution >= 4 is 21.6 Å². The first-order valence-electron chi connectivity index (χ1n) is 7.88. The molecule has 0 radical (unpaired) electrons. The fourth-order valence-electron chi connectivity index (χ4n) is 2.31. The number of carbonyl (C=O) groups excluding carboxylic acids is 1. The van der Waals surface area contributed by atoms with Gasteiger partial charge in [0.15, 0.2) is 0 Å². The van der Waals surface area contributed by atoms with Crippen LogP contribution in [-0.4, -0.2) is 34.1 Å². The lowest BCUT2D eigenvalue weighted by molar-refractivity contribution is -0.116. The van der Waals surface area contributed by atoms with Crippen molar-refractivity contribution in [2.24, 2.45) is 5.92 Å². The predicted octanol–water partition coefficient (Wildman–Crippen LogP) is 1.91. The quantitative estimate of drug-likeness (QED) is 0.708. The molecule has 1 aromatic rings. The zero-order chi connectivity index (χ0) is 16.9. The maximum Gasteiger partial charge on any atom is 0.240 e. The van der Waals surface area contributed by atoms with Crippen LogP contribution in [0.15, 0.2) is 23.1 Å². The summed E-state index contributed by atoms with van der Waals surface area (Å²) >= 11 is 0. The third kappa shape index (κ3) is 5.30. The third-order valence-corrected chi connectivity index (χ3v) is 4.95. The number of ether oxygens (including phenoxy) is 1. The number of amides is 1. The van der Waals surface area contributed by atoms with Crippen LogP contribution < -0.4 is 10.0 Å². The highest BCUT2D eigenvalue weighted by atomic mass is 32.2. The molecule has 6 nitrogen and oxygen atoms in total. The number of fused-ring (bicyclic) bond motifs is 1. The second-order valence-corrected chi connectivity index (χ2v) is 7.85. The Balaban J connectivity index is 1.88. The van der Waals surface area contributed by atoms with Gasteiger partial charge in [-0.05, 0) is 42.5 Å². The van der Waals surface area contributed by atoms with Gasteiger partial charge in [0.1, 0.15) is 0 Å². The van der Waals surface area contributed by atoms with Gasteiger partial charge in [-0.3, -0.25) is 4.79 Å². The summed E-state index contributed by atoms with van der Waals surface area (Å²) in [6, 6.07) is 4.79. The first-order chi connectivity index (χ1) is 10.9. The van der Waals surface area contributed by atoms with Crippen molar-refractivity contribution in [3.63, 3.8) is 0 Å². The molecule has 1 aliphatic rings. The van der Waals surface area contributed by atoms with Gasteiger partial charge in [0, 0.05) is 31.9 Å². The molecular weight excluding hydrogens is 316 g/mol. The Kier molecular flexibility index (Phi) is 6.15. The van der Waals surface area contributed by atoms with Gasteiger partial charge in [0.25, 0.3) is 0 Å². The molecule has 128 valence electrons. The number of hydrogen-bond donors (Lipinski definition) is 2. The largest absolute Gasteiger partial charge is 0.381 e. The number of rotatable bonds is 8. The summed E-state index contributed by atoms with van der Waals surface area (Å²) in [4.78, 5) is 11.6. The molecule has 0 fully saturated rings. The normalized spacial score (nSPS) is 14.7. The molecule has 0 unspecified atom stereocenters. The number of aryl methyl sites for hydroxylation is 1. The molecule has 0 saturated heterocycles. The number of hydrogen-bond acceptors (Lipinski definition) is 4. The SMILES string of the molecule is CC(C)COCCCNS(=O)(=O)c1ccc2c(c1)CCC(=O)N2. The molecule has 0 atom stereocenters. The highest BCUT2D eigenvalue weighted by Crippen LogP contribution is 2.25. The number of sulfonamides is 1. The molecule has 0 saturated carbocycles. The van der Waals surface area contributed by atoms with Crippen LogP contribution in [0.1, 0.15) is 32.3 Å². The molecule has 1 heterocycles.